The lowest BCUT2D eigenvalue weighted by molar-refractivity contribution is -0.902. The highest BCUT2D eigenvalue weighted by Crippen LogP contribution is 2.15. The monoisotopic (exact) mass is 307 g/mol. The third kappa shape index (κ3) is 5.66. The second-order valence-electron chi connectivity index (χ2n) is 6.19. The van der Waals surface area contributed by atoms with E-state index in [0.717, 1.165) is 18.0 Å². The van der Waals surface area contributed by atoms with E-state index in [2.05, 4.69) is 17.6 Å². The molecule has 1 atom stereocenters. The SMILES string of the molecule is COc1ccc(NC(=O)C[C@H](C)[NH2+]CC[NH+]2CCCC2)cc1. The Balaban J connectivity index is 1.64. The van der Waals surface area contributed by atoms with Crippen molar-refractivity contribution in [3.63, 3.8) is 0 Å². The molecule has 1 heterocycles. The minimum absolute atomic E-state index is 0.0717. The van der Waals surface area contributed by atoms with Crippen molar-refractivity contribution in [3.8, 4) is 5.75 Å². The largest absolute Gasteiger partial charge is 0.497 e. The van der Waals surface area contributed by atoms with Gasteiger partial charge >= 0.3 is 0 Å². The number of carbonyl (C=O) groups is 1. The Kier molecular flexibility index (Phi) is 6.68. The van der Waals surface area contributed by atoms with Crippen molar-refractivity contribution in [1.29, 1.82) is 0 Å². The molecule has 0 bridgehead atoms. The van der Waals surface area contributed by atoms with Gasteiger partial charge in [-0.05, 0) is 31.2 Å². The van der Waals surface area contributed by atoms with Gasteiger partial charge in [0.15, 0.2) is 0 Å². The minimum Gasteiger partial charge on any atom is -0.497 e. The molecular weight excluding hydrogens is 278 g/mol. The lowest BCUT2D eigenvalue weighted by atomic mass is 10.2. The molecule has 1 aromatic rings. The van der Waals surface area contributed by atoms with Crippen LogP contribution in [0.3, 0.4) is 0 Å². The van der Waals surface area contributed by atoms with Crippen molar-refractivity contribution in [3.05, 3.63) is 24.3 Å². The van der Waals surface area contributed by atoms with Crippen LogP contribution in [-0.4, -0.2) is 45.2 Å². The molecule has 1 aliphatic rings. The highest BCUT2D eigenvalue weighted by Gasteiger charge is 2.17. The predicted octanol–water partition coefficient (Wildman–Crippen LogP) is -0.346. The van der Waals surface area contributed by atoms with Gasteiger partial charge in [-0.15, -0.1) is 0 Å². The maximum atomic E-state index is 12.0. The lowest BCUT2D eigenvalue weighted by Crippen LogP contribution is -3.13. The summed E-state index contributed by atoms with van der Waals surface area (Å²) in [5.74, 6) is 0.867. The first-order valence-electron chi connectivity index (χ1n) is 8.28. The number of carbonyl (C=O) groups excluding carboxylic acids is 1. The van der Waals surface area contributed by atoms with Crippen molar-refractivity contribution in [2.24, 2.45) is 0 Å². The van der Waals surface area contributed by atoms with Gasteiger partial charge in [0.1, 0.15) is 18.8 Å². The molecule has 0 spiro atoms. The number of likely N-dealkylation sites (tertiary alicyclic amines) is 1. The van der Waals surface area contributed by atoms with E-state index in [1.807, 2.05) is 24.3 Å². The predicted molar refractivity (Wildman–Crippen MR) is 87.3 cm³/mol. The number of anilines is 1. The minimum atomic E-state index is 0.0717. The molecule has 0 radical (unpaired) electrons. The lowest BCUT2D eigenvalue weighted by Gasteiger charge is -2.14. The third-order valence-electron chi connectivity index (χ3n) is 4.26. The fourth-order valence-electron chi connectivity index (χ4n) is 2.96. The summed E-state index contributed by atoms with van der Waals surface area (Å²) < 4.78 is 5.11. The van der Waals surface area contributed by atoms with Gasteiger partial charge < -0.3 is 20.3 Å². The van der Waals surface area contributed by atoms with Crippen molar-refractivity contribution >= 4 is 11.6 Å². The molecule has 4 N–H and O–H groups in total. The first-order valence-corrected chi connectivity index (χ1v) is 8.28. The summed E-state index contributed by atoms with van der Waals surface area (Å²) in [4.78, 5) is 13.7. The van der Waals surface area contributed by atoms with Crippen LogP contribution in [0.2, 0.25) is 0 Å². The summed E-state index contributed by atoms with van der Waals surface area (Å²) in [5, 5.41) is 5.23. The summed E-state index contributed by atoms with van der Waals surface area (Å²) in [5.41, 5.74) is 0.819. The Morgan fingerprint density at radius 1 is 1.32 bits per heavy atom. The highest BCUT2D eigenvalue weighted by atomic mass is 16.5. The van der Waals surface area contributed by atoms with Gasteiger partial charge in [0, 0.05) is 18.5 Å². The van der Waals surface area contributed by atoms with Gasteiger partial charge in [-0.3, -0.25) is 4.79 Å². The van der Waals surface area contributed by atoms with Crippen LogP contribution in [0.15, 0.2) is 24.3 Å². The molecule has 1 saturated heterocycles. The average molecular weight is 307 g/mol. The van der Waals surface area contributed by atoms with Crippen LogP contribution in [0.1, 0.15) is 26.2 Å². The maximum Gasteiger partial charge on any atom is 0.230 e. The van der Waals surface area contributed by atoms with Gasteiger partial charge in [-0.25, -0.2) is 0 Å². The Hall–Kier alpha value is -1.59. The summed E-state index contributed by atoms with van der Waals surface area (Å²) in [6.45, 7) is 7.07. The van der Waals surface area contributed by atoms with E-state index in [1.165, 1.54) is 32.5 Å². The zero-order chi connectivity index (χ0) is 15.8. The van der Waals surface area contributed by atoms with Crippen LogP contribution in [0.25, 0.3) is 0 Å². The molecule has 1 aromatic carbocycles. The fourth-order valence-corrected chi connectivity index (χ4v) is 2.96. The fraction of sp³-hybridized carbons (Fsp3) is 0.588. The van der Waals surface area contributed by atoms with E-state index in [4.69, 9.17) is 4.74 Å². The maximum absolute atomic E-state index is 12.0. The molecule has 0 aromatic heterocycles. The quantitative estimate of drug-likeness (QED) is 0.615. The zero-order valence-electron chi connectivity index (χ0n) is 13.7. The number of methoxy groups -OCH3 is 1. The smallest absolute Gasteiger partial charge is 0.230 e. The summed E-state index contributed by atoms with van der Waals surface area (Å²) in [6.07, 6.45) is 3.28. The molecule has 0 unspecified atom stereocenters. The van der Waals surface area contributed by atoms with Gasteiger partial charge in [0.05, 0.1) is 32.7 Å². The number of nitrogens with one attached hydrogen (secondary N) is 2. The van der Waals surface area contributed by atoms with E-state index >= 15 is 0 Å². The number of rotatable bonds is 8. The van der Waals surface area contributed by atoms with E-state index in [9.17, 15) is 4.79 Å². The number of benzene rings is 1. The number of amides is 1. The highest BCUT2D eigenvalue weighted by molar-refractivity contribution is 5.90. The second kappa shape index (κ2) is 8.76. The number of nitrogens with two attached hydrogens (primary N) is 1. The first-order chi connectivity index (χ1) is 10.7. The molecule has 5 nitrogen and oxygen atoms in total. The second-order valence-corrected chi connectivity index (χ2v) is 6.19. The van der Waals surface area contributed by atoms with E-state index in [0.29, 0.717) is 12.5 Å². The average Bonchev–Trinajstić information content (AvgIpc) is 3.01. The Bertz CT molecular complexity index is 455. The molecular formula is C17H29N3O2+2. The van der Waals surface area contributed by atoms with Crippen LogP contribution < -0.4 is 20.3 Å². The van der Waals surface area contributed by atoms with E-state index < -0.39 is 0 Å². The number of hydrogen-bond donors (Lipinski definition) is 3. The summed E-state index contributed by atoms with van der Waals surface area (Å²) in [6, 6.07) is 7.75. The van der Waals surface area contributed by atoms with Crippen molar-refractivity contribution in [2.45, 2.75) is 32.2 Å². The van der Waals surface area contributed by atoms with E-state index in [1.54, 1.807) is 12.0 Å². The molecule has 1 fully saturated rings. The van der Waals surface area contributed by atoms with Gasteiger partial charge in [0.2, 0.25) is 5.91 Å². The number of ether oxygens (including phenoxy) is 1. The standard InChI is InChI=1S/C17H27N3O2/c1-14(18-9-12-20-10-3-4-11-20)13-17(21)19-15-5-7-16(22-2)8-6-15/h5-8,14,18H,3-4,9-13H2,1-2H3,(H,19,21)/p+2/t14-/m0/s1. The van der Waals surface area contributed by atoms with Crippen LogP contribution in [0, 0.1) is 0 Å². The van der Waals surface area contributed by atoms with Crippen LogP contribution >= 0.6 is 0 Å². The molecule has 1 aliphatic heterocycles. The van der Waals surface area contributed by atoms with Gasteiger partial charge in [-0.1, -0.05) is 0 Å². The van der Waals surface area contributed by atoms with Crippen molar-refractivity contribution < 1.29 is 19.7 Å². The number of quaternary nitrogens is 2. The Labute approximate surface area is 133 Å². The molecule has 2 rings (SSSR count). The van der Waals surface area contributed by atoms with Crippen molar-refractivity contribution in [2.75, 3.05) is 38.6 Å². The summed E-state index contributed by atoms with van der Waals surface area (Å²) in [7, 11) is 1.63. The van der Waals surface area contributed by atoms with Gasteiger partial charge in [0.25, 0.3) is 0 Å². The van der Waals surface area contributed by atoms with Crippen LogP contribution in [0.5, 0.6) is 5.75 Å². The van der Waals surface area contributed by atoms with Crippen LogP contribution in [-0.2, 0) is 4.79 Å². The topological polar surface area (TPSA) is 59.4 Å². The third-order valence-corrected chi connectivity index (χ3v) is 4.26. The molecule has 1 amide bonds. The van der Waals surface area contributed by atoms with Crippen LogP contribution in [0.4, 0.5) is 5.69 Å². The zero-order valence-corrected chi connectivity index (χ0v) is 13.7. The number of hydrogen-bond acceptors (Lipinski definition) is 2. The van der Waals surface area contributed by atoms with E-state index in [-0.39, 0.29) is 5.91 Å². The molecule has 5 heteroatoms. The molecule has 0 aliphatic carbocycles. The normalized spacial score (nSPS) is 16.5. The van der Waals surface area contributed by atoms with Gasteiger partial charge in [-0.2, -0.15) is 0 Å². The Morgan fingerprint density at radius 2 is 2.00 bits per heavy atom. The Morgan fingerprint density at radius 3 is 2.64 bits per heavy atom. The molecule has 122 valence electrons. The molecule has 0 saturated carbocycles. The van der Waals surface area contributed by atoms with Crippen molar-refractivity contribution in [1.82, 2.24) is 0 Å². The molecule has 22 heavy (non-hydrogen) atoms. The first kappa shape index (κ1) is 16.8. The summed E-state index contributed by atoms with van der Waals surface area (Å²) >= 11 is 0.